The Labute approximate surface area is 139 Å². The first-order chi connectivity index (χ1) is 11.2. The molecule has 1 saturated heterocycles. The molecule has 1 aromatic carbocycles. The molecule has 7 heteroatoms. The van der Waals surface area contributed by atoms with E-state index in [-0.39, 0.29) is 6.42 Å². The number of aliphatic carboxylic acids is 1. The van der Waals surface area contributed by atoms with Crippen molar-refractivity contribution in [3.05, 3.63) is 35.7 Å². The fourth-order valence-corrected chi connectivity index (χ4v) is 3.38. The first-order valence-electron chi connectivity index (χ1n) is 7.64. The Morgan fingerprint density at radius 3 is 2.70 bits per heavy atom. The third kappa shape index (κ3) is 6.42. The predicted molar refractivity (Wildman–Crippen MR) is 90.9 cm³/mol. The Balaban J connectivity index is 1.67. The number of rotatable bonds is 9. The van der Waals surface area contributed by atoms with E-state index in [2.05, 4.69) is 4.72 Å². The fraction of sp³-hybridized carbons (Fsp3) is 0.438. The molecule has 0 aromatic heterocycles. The van der Waals surface area contributed by atoms with Crippen LogP contribution < -0.4 is 9.46 Å². The van der Waals surface area contributed by atoms with Crippen LogP contribution in [0.1, 0.15) is 37.7 Å². The molecule has 0 saturated carbocycles. The molecule has 0 amide bonds. The number of thiol groups is 1. The number of ether oxygens (including phenoxy) is 1. The number of unbranched alkanes of at least 4 members (excludes halogenated alkanes) is 3. The van der Waals surface area contributed by atoms with Crippen LogP contribution in [0.3, 0.4) is 0 Å². The number of hydrogen-bond donors (Lipinski definition) is 3. The van der Waals surface area contributed by atoms with E-state index in [0.717, 1.165) is 42.7 Å². The van der Waals surface area contributed by atoms with Crippen molar-refractivity contribution in [2.24, 2.45) is 0 Å². The highest BCUT2D eigenvalue weighted by molar-refractivity contribution is 8.11. The fourth-order valence-electron chi connectivity index (χ4n) is 2.13. The van der Waals surface area contributed by atoms with Gasteiger partial charge in [-0.2, -0.15) is 0 Å². The van der Waals surface area contributed by atoms with Crippen molar-refractivity contribution in [2.75, 3.05) is 12.9 Å². The summed E-state index contributed by atoms with van der Waals surface area (Å²) in [6.45, 7) is 0. The smallest absolute Gasteiger partial charge is 0.303 e. The second kappa shape index (κ2) is 9.32. The summed E-state index contributed by atoms with van der Waals surface area (Å²) in [4.78, 5) is 15.6. The van der Waals surface area contributed by atoms with E-state index in [1.165, 1.54) is 0 Å². The van der Waals surface area contributed by atoms with Gasteiger partial charge >= 0.3 is 5.97 Å². The van der Waals surface area contributed by atoms with E-state index < -0.39 is 17.3 Å². The summed E-state index contributed by atoms with van der Waals surface area (Å²) in [7, 11) is 1.64. The average molecular weight is 341 g/mol. The first kappa shape index (κ1) is 17.5. The molecule has 0 bridgehead atoms. The monoisotopic (exact) mass is 341 g/mol. The normalized spacial score (nSPS) is 20.0. The van der Waals surface area contributed by atoms with Crippen LogP contribution in [0.25, 0.3) is 6.08 Å². The minimum absolute atomic E-state index is 0.251. The third-order valence-corrected chi connectivity index (χ3v) is 4.81. The lowest BCUT2D eigenvalue weighted by Crippen LogP contribution is -2.03. The van der Waals surface area contributed by atoms with Gasteiger partial charge in [-0.3, -0.25) is 9.52 Å². The van der Waals surface area contributed by atoms with Gasteiger partial charge in [-0.1, -0.05) is 25.0 Å². The molecule has 1 atom stereocenters. The van der Waals surface area contributed by atoms with Crippen molar-refractivity contribution in [1.29, 1.82) is 0 Å². The first-order valence-corrected chi connectivity index (χ1v) is 9.08. The standard InChI is InChI=1S/C16H23NO5S/c1-20-14-9-7-13(8-10-14)12-15-17-23(22-21-15)11-5-3-2-4-6-16(18)19/h7-10,12,17,23H,2-6,11H2,1H3,(H,18,19)/b15-12-. The molecule has 2 rings (SSSR count). The Hall–Kier alpha value is -1.86. The number of carbonyl (C=O) groups is 1. The summed E-state index contributed by atoms with van der Waals surface area (Å²) >= 11 is -0.805. The van der Waals surface area contributed by atoms with E-state index >= 15 is 0 Å². The predicted octanol–water partition coefficient (Wildman–Crippen LogP) is 3.41. The second-order valence-corrected chi connectivity index (χ2v) is 6.79. The molecule has 1 aliphatic rings. The van der Waals surface area contributed by atoms with Gasteiger partial charge in [0.15, 0.2) is 0 Å². The van der Waals surface area contributed by atoms with Gasteiger partial charge in [0.25, 0.3) is 0 Å². The second-order valence-electron chi connectivity index (χ2n) is 5.21. The van der Waals surface area contributed by atoms with Crippen molar-refractivity contribution in [3.8, 4) is 5.75 Å². The molecular formula is C16H23NO5S. The van der Waals surface area contributed by atoms with Crippen molar-refractivity contribution < 1.29 is 23.9 Å². The van der Waals surface area contributed by atoms with Gasteiger partial charge in [0.05, 0.1) is 7.11 Å². The van der Waals surface area contributed by atoms with Gasteiger partial charge in [0, 0.05) is 18.2 Å². The summed E-state index contributed by atoms with van der Waals surface area (Å²) in [6.07, 6.45) is 5.81. The zero-order valence-electron chi connectivity index (χ0n) is 13.2. The summed E-state index contributed by atoms with van der Waals surface area (Å²) in [5.74, 6) is 1.60. The quantitative estimate of drug-likeness (QED) is 0.363. The van der Waals surface area contributed by atoms with E-state index in [4.69, 9.17) is 19.1 Å². The van der Waals surface area contributed by atoms with Gasteiger partial charge in [-0.05, 0) is 41.9 Å². The third-order valence-electron chi connectivity index (χ3n) is 3.37. The lowest BCUT2D eigenvalue weighted by atomic mass is 10.2. The molecule has 1 aliphatic heterocycles. The summed E-state index contributed by atoms with van der Waals surface area (Å²) in [6, 6.07) is 7.67. The zero-order chi connectivity index (χ0) is 16.5. The highest BCUT2D eigenvalue weighted by atomic mass is 32.2. The number of hydrogen-bond acceptors (Lipinski definition) is 5. The van der Waals surface area contributed by atoms with Gasteiger partial charge in [0.2, 0.25) is 5.88 Å². The minimum Gasteiger partial charge on any atom is -0.497 e. The van der Waals surface area contributed by atoms with Crippen molar-refractivity contribution in [2.45, 2.75) is 32.1 Å². The van der Waals surface area contributed by atoms with Gasteiger partial charge < -0.3 is 14.7 Å². The highest BCUT2D eigenvalue weighted by Gasteiger charge is 2.17. The van der Waals surface area contributed by atoms with Crippen LogP contribution in [0, 0.1) is 0 Å². The Morgan fingerprint density at radius 2 is 2.00 bits per heavy atom. The molecular weight excluding hydrogens is 318 g/mol. The number of carboxylic acid groups (broad SMARTS) is 1. The Morgan fingerprint density at radius 1 is 1.26 bits per heavy atom. The van der Waals surface area contributed by atoms with Crippen LogP contribution in [-0.2, 0) is 14.0 Å². The Kier molecular flexibility index (Phi) is 7.09. The molecule has 128 valence electrons. The SMILES string of the molecule is COc1ccc(/C=C2/N[SH](CCCCCCC(=O)O)OO2)cc1. The van der Waals surface area contributed by atoms with Crippen molar-refractivity contribution in [1.82, 2.24) is 4.72 Å². The van der Waals surface area contributed by atoms with E-state index in [1.807, 2.05) is 30.3 Å². The maximum atomic E-state index is 10.4. The summed E-state index contributed by atoms with van der Waals surface area (Å²) in [5, 5.41) is 8.57. The molecule has 0 aliphatic carbocycles. The van der Waals surface area contributed by atoms with Crippen molar-refractivity contribution >= 4 is 23.4 Å². The van der Waals surface area contributed by atoms with Gasteiger partial charge in [-0.15, -0.1) is 4.33 Å². The molecule has 1 heterocycles. The number of carboxylic acids is 1. The number of nitrogens with one attached hydrogen (secondary N) is 1. The topological polar surface area (TPSA) is 77.0 Å². The van der Waals surface area contributed by atoms with E-state index in [1.54, 1.807) is 7.11 Å². The van der Waals surface area contributed by atoms with Crippen LogP contribution in [0.2, 0.25) is 0 Å². The highest BCUT2D eigenvalue weighted by Crippen LogP contribution is 2.33. The Bertz CT molecular complexity index is 532. The van der Waals surface area contributed by atoms with Crippen LogP contribution in [0.4, 0.5) is 0 Å². The van der Waals surface area contributed by atoms with E-state index in [0.29, 0.717) is 5.88 Å². The maximum Gasteiger partial charge on any atom is 0.303 e. The molecule has 1 aromatic rings. The zero-order valence-corrected chi connectivity index (χ0v) is 14.1. The van der Waals surface area contributed by atoms with Gasteiger partial charge in [-0.25, -0.2) is 0 Å². The van der Waals surface area contributed by atoms with Crippen LogP contribution in [-0.4, -0.2) is 23.9 Å². The van der Waals surface area contributed by atoms with Crippen LogP contribution in [0.15, 0.2) is 30.1 Å². The average Bonchev–Trinajstić information content (AvgIpc) is 2.98. The molecule has 1 unspecified atom stereocenters. The lowest BCUT2D eigenvalue weighted by Gasteiger charge is -2.09. The van der Waals surface area contributed by atoms with Gasteiger partial charge in [0.1, 0.15) is 5.75 Å². The largest absolute Gasteiger partial charge is 0.497 e. The summed E-state index contributed by atoms with van der Waals surface area (Å²) < 4.78 is 13.6. The number of methoxy groups -OCH3 is 1. The maximum absolute atomic E-state index is 10.4. The van der Waals surface area contributed by atoms with Crippen LogP contribution >= 0.6 is 11.4 Å². The molecule has 0 spiro atoms. The minimum atomic E-state index is -0.805. The molecule has 23 heavy (non-hydrogen) atoms. The number of benzene rings is 1. The molecule has 6 nitrogen and oxygen atoms in total. The van der Waals surface area contributed by atoms with Crippen LogP contribution in [0.5, 0.6) is 5.75 Å². The van der Waals surface area contributed by atoms with E-state index in [9.17, 15) is 4.79 Å². The molecule has 2 N–H and O–H groups in total. The summed E-state index contributed by atoms with van der Waals surface area (Å²) in [5.41, 5.74) is 1.00. The molecule has 1 fully saturated rings. The van der Waals surface area contributed by atoms with Crippen molar-refractivity contribution in [3.63, 3.8) is 0 Å². The lowest BCUT2D eigenvalue weighted by molar-refractivity contribution is -0.137. The molecule has 0 radical (unpaired) electrons.